The van der Waals surface area contributed by atoms with Crippen molar-refractivity contribution < 1.29 is 68.2 Å². The van der Waals surface area contributed by atoms with Gasteiger partial charge in [-0.25, -0.2) is 0 Å². The molecule has 3 atom stereocenters. The van der Waals surface area contributed by atoms with Crippen molar-refractivity contribution in [1.29, 1.82) is 0 Å². The van der Waals surface area contributed by atoms with E-state index in [9.17, 15) is 29.1 Å². The molecule has 4 rings (SSSR count). The number of thioether (sulfide) groups is 1. The van der Waals surface area contributed by atoms with E-state index in [1.807, 2.05) is 0 Å². The number of hydroxylamine groups is 2. The Bertz CT molecular complexity index is 923. The Labute approximate surface area is 216 Å². The van der Waals surface area contributed by atoms with Crippen LogP contribution in [0.1, 0.15) is 20.3 Å². The van der Waals surface area contributed by atoms with Crippen LogP contribution in [0.3, 0.4) is 0 Å². The summed E-state index contributed by atoms with van der Waals surface area (Å²) in [6.07, 6.45) is -0.281. The van der Waals surface area contributed by atoms with E-state index >= 15 is 0 Å². The number of aliphatic carboxylic acids is 1. The molecular formula is C20H22N3NaO8S. The van der Waals surface area contributed by atoms with Crippen LogP contribution >= 0.6 is 11.8 Å². The Morgan fingerprint density at radius 1 is 1.15 bits per heavy atom. The van der Waals surface area contributed by atoms with Gasteiger partial charge in [-0.15, -0.1) is 11.8 Å². The maximum Gasteiger partial charge on any atom is 1.00 e. The minimum atomic E-state index is -2.44. The molecule has 2 N–H and O–H groups in total. The predicted molar refractivity (Wildman–Crippen MR) is 109 cm³/mol. The third-order valence-electron chi connectivity index (χ3n) is 4.91. The number of carbonyl (C=O) groups excluding carboxylic acids is 5. The van der Waals surface area contributed by atoms with Crippen LogP contribution in [0.4, 0.5) is 0 Å². The van der Waals surface area contributed by atoms with Crippen LogP contribution in [-0.4, -0.2) is 70.6 Å². The molecule has 2 aliphatic heterocycles. The van der Waals surface area contributed by atoms with E-state index in [0.29, 0.717) is 5.06 Å². The summed E-state index contributed by atoms with van der Waals surface area (Å²) in [5.74, 6) is -3.98. The van der Waals surface area contributed by atoms with Gasteiger partial charge < -0.3 is 25.3 Å². The van der Waals surface area contributed by atoms with E-state index in [1.165, 1.54) is 25.0 Å². The monoisotopic (exact) mass is 487 g/mol. The van der Waals surface area contributed by atoms with Crippen molar-refractivity contribution in [3.63, 3.8) is 0 Å². The van der Waals surface area contributed by atoms with E-state index in [2.05, 4.69) is 34.9 Å². The molecule has 11 nitrogen and oxygen atoms in total. The summed E-state index contributed by atoms with van der Waals surface area (Å²) in [6, 6.07) is 7.39. The Morgan fingerprint density at radius 3 is 2.21 bits per heavy atom. The van der Waals surface area contributed by atoms with Gasteiger partial charge in [-0.3, -0.25) is 24.0 Å². The van der Waals surface area contributed by atoms with Crippen molar-refractivity contribution in [2.45, 2.75) is 37.3 Å². The second kappa shape index (κ2) is 11.3. The summed E-state index contributed by atoms with van der Waals surface area (Å²) < 4.78 is 4.97. The molecule has 2 unspecified atom stereocenters. The Kier molecular flexibility index (Phi) is 9.32. The van der Waals surface area contributed by atoms with E-state index in [-0.39, 0.29) is 60.8 Å². The van der Waals surface area contributed by atoms with Gasteiger partial charge in [0.05, 0.1) is 11.7 Å². The molecule has 4 aliphatic rings. The van der Waals surface area contributed by atoms with Gasteiger partial charge in [0.1, 0.15) is 18.6 Å². The maximum absolute atomic E-state index is 12.4. The number of cyclic esters (lactones) is 1. The number of esters is 1. The summed E-state index contributed by atoms with van der Waals surface area (Å²) >= 11 is 1.03. The van der Waals surface area contributed by atoms with E-state index in [0.717, 1.165) is 11.8 Å². The van der Waals surface area contributed by atoms with Crippen molar-refractivity contribution in [2.24, 2.45) is 0 Å². The molecule has 0 spiro atoms. The number of amides is 3. The summed E-state index contributed by atoms with van der Waals surface area (Å²) in [7, 11) is 0. The van der Waals surface area contributed by atoms with Crippen LogP contribution in [0.5, 0.6) is 0 Å². The third-order valence-corrected chi connectivity index (χ3v) is 6.24. The van der Waals surface area contributed by atoms with Crippen molar-refractivity contribution in [1.82, 2.24) is 15.7 Å². The molecule has 2 fully saturated rings. The molecule has 13 heteroatoms. The fourth-order valence-electron chi connectivity index (χ4n) is 3.30. The van der Waals surface area contributed by atoms with Gasteiger partial charge in [-0.05, 0) is 11.1 Å². The molecule has 3 amide bonds. The average Bonchev–Trinajstić information content (AvgIpc) is 3.22. The molecular weight excluding hydrogens is 465 g/mol. The maximum atomic E-state index is 12.4. The van der Waals surface area contributed by atoms with Crippen LogP contribution in [0.25, 0.3) is 11.1 Å². The number of hydrogen-bond acceptors (Lipinski definition) is 9. The van der Waals surface area contributed by atoms with E-state index < -0.39 is 40.8 Å². The first-order valence-electron chi connectivity index (χ1n) is 9.79. The second-order valence-electron chi connectivity index (χ2n) is 7.26. The molecule has 0 bridgehead atoms. The number of nitrogens with one attached hydrogen (secondary N) is 2. The normalized spacial score (nSPS) is 24.1. The number of carboxylic acids is 1. The number of ether oxygens (including phenoxy) is 1. The SMILES string of the molecule is CC(=O)NCCSC1CC(=O)OC1(C(=O)[O-])N1OC[C@H](NC(C)=O)C1=O.[Na+].c1cc2ccc1-2. The number of nitrogens with zero attached hydrogens (tertiary/aromatic N) is 1. The number of fused-ring (bicyclic) bond motifs is 1. The largest absolute Gasteiger partial charge is 1.00 e. The summed E-state index contributed by atoms with van der Waals surface area (Å²) in [6.45, 7) is 2.46. The molecule has 172 valence electrons. The average molecular weight is 487 g/mol. The van der Waals surface area contributed by atoms with E-state index in [4.69, 9.17) is 9.57 Å². The minimum Gasteiger partial charge on any atom is -0.544 e. The molecule has 0 aromatic carbocycles. The van der Waals surface area contributed by atoms with Gasteiger partial charge in [0.15, 0.2) is 0 Å². The summed E-state index contributed by atoms with van der Waals surface area (Å²) in [5, 5.41) is 16.2. The first-order chi connectivity index (χ1) is 15.1. The van der Waals surface area contributed by atoms with E-state index in [1.54, 1.807) is 0 Å². The van der Waals surface area contributed by atoms with Crippen LogP contribution in [-0.2, 0) is 33.5 Å². The Hall–Kier alpha value is -2.12. The fourth-order valence-corrected chi connectivity index (χ4v) is 4.52. The second-order valence-corrected chi connectivity index (χ2v) is 8.57. The number of rotatable bonds is 7. The number of carboxylic acid groups (broad SMARTS) is 1. The first kappa shape index (κ1) is 27.1. The number of hydrogen-bond donors (Lipinski definition) is 2. The Morgan fingerprint density at radius 2 is 1.76 bits per heavy atom. The zero-order chi connectivity index (χ0) is 23.5. The van der Waals surface area contributed by atoms with Gasteiger partial charge in [-0.1, -0.05) is 24.3 Å². The number of benzene rings is 1. The fraction of sp³-hybridized carbons (Fsp3) is 0.450. The van der Waals surface area contributed by atoms with Crippen molar-refractivity contribution >= 4 is 41.4 Å². The van der Waals surface area contributed by atoms with Gasteiger partial charge >= 0.3 is 35.5 Å². The smallest absolute Gasteiger partial charge is 0.544 e. The molecule has 33 heavy (non-hydrogen) atoms. The van der Waals surface area contributed by atoms with Crippen LogP contribution in [0, 0.1) is 0 Å². The quantitative estimate of drug-likeness (QED) is 0.224. The van der Waals surface area contributed by atoms with Crippen molar-refractivity contribution in [2.75, 3.05) is 18.9 Å². The first-order valence-corrected chi connectivity index (χ1v) is 10.8. The molecule has 0 saturated carbocycles. The molecule has 0 aromatic heterocycles. The van der Waals surface area contributed by atoms with Crippen molar-refractivity contribution in [3.05, 3.63) is 24.3 Å². The van der Waals surface area contributed by atoms with Gasteiger partial charge in [0.25, 0.3) is 11.6 Å². The molecule has 2 heterocycles. The topological polar surface area (TPSA) is 154 Å². The zero-order valence-electron chi connectivity index (χ0n) is 18.4. The van der Waals surface area contributed by atoms with Gasteiger partial charge in [0.2, 0.25) is 11.8 Å². The number of carbonyl (C=O) groups is 5. The molecule has 2 saturated heterocycles. The van der Waals surface area contributed by atoms with Gasteiger partial charge in [0, 0.05) is 26.1 Å². The summed E-state index contributed by atoms with van der Waals surface area (Å²) in [4.78, 5) is 63.2. The molecule has 0 radical (unpaired) electrons. The van der Waals surface area contributed by atoms with Crippen LogP contribution in [0.2, 0.25) is 0 Å². The van der Waals surface area contributed by atoms with Crippen molar-refractivity contribution in [3.8, 4) is 11.1 Å². The van der Waals surface area contributed by atoms with Crippen LogP contribution < -0.4 is 45.3 Å². The Balaban J connectivity index is 0.000000467. The molecule has 0 aromatic rings. The minimum absolute atomic E-state index is 0. The molecule has 2 aliphatic carbocycles. The third kappa shape index (κ3) is 5.87. The predicted octanol–water partition coefficient (Wildman–Crippen LogP) is -4.43. The van der Waals surface area contributed by atoms with Gasteiger partial charge in [-0.2, -0.15) is 5.06 Å². The zero-order valence-corrected chi connectivity index (χ0v) is 21.2. The summed E-state index contributed by atoms with van der Waals surface area (Å²) in [5.41, 5.74) is 0.410. The standard InChI is InChI=1S/C14H19N3O8S.C6H4.Na/c1-7(18)15-3-4-26-10-5-11(20)25-14(10,13(22)23)17-12(21)9(6-24-17)16-8(2)19;1-2-6-4-3-5(1)6;/h9-10H,3-6H2,1-2H3,(H,15,18)(H,16,19)(H,22,23);1-4H;/q;;+1/p-1/t9-,10?,14?;;/m0../s1. The van der Waals surface area contributed by atoms with Crippen LogP contribution in [0.15, 0.2) is 24.3 Å².